The number of piperazine rings is 1. The number of nitrogens with zero attached hydrogens (tertiary/aromatic N) is 7. The highest BCUT2D eigenvalue weighted by atomic mass is 32.2. The summed E-state index contributed by atoms with van der Waals surface area (Å²) in [6.07, 6.45) is 3.76. The van der Waals surface area contributed by atoms with Crippen LogP contribution in [-0.4, -0.2) is 70.2 Å². The standard InChI is InChI=1S/C29H28FN7O4S/c1-35-9-11-36(12-10-35)24-14-23-20(13-22(24)30)26(38)21(15-37(23)18-5-6-18)28-33-34-29(41-28)42-16-25-31-32-27(40-25)17-3-7-19(39-2)8-4-17/h3-4,7-8,13-15,18H,5-6,9-12,16H2,1-2H3. The summed E-state index contributed by atoms with van der Waals surface area (Å²) in [5.74, 6) is 1.50. The quantitative estimate of drug-likeness (QED) is 0.236. The van der Waals surface area contributed by atoms with E-state index in [9.17, 15) is 4.79 Å². The van der Waals surface area contributed by atoms with Gasteiger partial charge in [0.05, 0.1) is 24.1 Å². The minimum absolute atomic E-state index is 0.0896. The van der Waals surface area contributed by atoms with Crippen molar-refractivity contribution in [1.82, 2.24) is 29.9 Å². The average molecular weight is 590 g/mol. The molecule has 0 spiro atoms. The Kier molecular flexibility index (Phi) is 6.90. The molecule has 0 amide bonds. The molecule has 3 aromatic heterocycles. The van der Waals surface area contributed by atoms with E-state index in [2.05, 4.69) is 41.8 Å². The number of thioether (sulfide) groups is 1. The van der Waals surface area contributed by atoms with Crippen LogP contribution < -0.4 is 15.1 Å². The molecule has 2 aliphatic rings. The summed E-state index contributed by atoms with van der Waals surface area (Å²) in [4.78, 5) is 17.9. The number of methoxy groups -OCH3 is 1. The number of hydrogen-bond acceptors (Lipinski definition) is 11. The molecule has 2 fully saturated rings. The minimum atomic E-state index is -0.404. The van der Waals surface area contributed by atoms with E-state index < -0.39 is 5.82 Å². The van der Waals surface area contributed by atoms with Crippen LogP contribution >= 0.6 is 11.8 Å². The van der Waals surface area contributed by atoms with Gasteiger partial charge in [0.2, 0.25) is 17.2 Å². The molecule has 1 saturated carbocycles. The van der Waals surface area contributed by atoms with E-state index in [4.69, 9.17) is 13.6 Å². The molecule has 0 N–H and O–H groups in total. The molecular formula is C29H28FN7O4S. The van der Waals surface area contributed by atoms with Crippen LogP contribution in [-0.2, 0) is 5.75 Å². The van der Waals surface area contributed by atoms with Crippen molar-refractivity contribution < 1.29 is 18.0 Å². The molecule has 42 heavy (non-hydrogen) atoms. The van der Waals surface area contributed by atoms with Crippen molar-refractivity contribution in [2.45, 2.75) is 29.9 Å². The highest BCUT2D eigenvalue weighted by molar-refractivity contribution is 7.98. The number of fused-ring (bicyclic) bond motifs is 1. The van der Waals surface area contributed by atoms with Gasteiger partial charge >= 0.3 is 0 Å². The minimum Gasteiger partial charge on any atom is -0.497 e. The number of rotatable bonds is 8. The lowest BCUT2D eigenvalue weighted by molar-refractivity contribution is 0.312. The van der Waals surface area contributed by atoms with E-state index in [0.29, 0.717) is 28.6 Å². The molecule has 0 bridgehead atoms. The van der Waals surface area contributed by atoms with Gasteiger partial charge in [-0.15, -0.1) is 20.4 Å². The molecule has 0 unspecified atom stereocenters. The van der Waals surface area contributed by atoms with Crippen LogP contribution in [0.3, 0.4) is 0 Å². The molecule has 7 rings (SSSR count). The van der Waals surface area contributed by atoms with E-state index in [0.717, 1.165) is 55.9 Å². The normalized spacial score (nSPS) is 15.9. The first-order chi connectivity index (χ1) is 20.5. The van der Waals surface area contributed by atoms with Gasteiger partial charge in [-0.05, 0) is 56.3 Å². The molecule has 0 radical (unpaired) electrons. The van der Waals surface area contributed by atoms with Gasteiger partial charge in [0.15, 0.2) is 0 Å². The number of anilines is 1. The van der Waals surface area contributed by atoms with Crippen LogP contribution in [0.5, 0.6) is 5.75 Å². The first-order valence-electron chi connectivity index (χ1n) is 13.7. The van der Waals surface area contributed by atoms with E-state index in [1.54, 1.807) is 13.3 Å². The van der Waals surface area contributed by atoms with Crippen molar-refractivity contribution in [3.63, 3.8) is 0 Å². The molecule has 5 aromatic rings. The number of aromatic nitrogens is 5. The van der Waals surface area contributed by atoms with Crippen LogP contribution in [0.25, 0.3) is 33.8 Å². The maximum atomic E-state index is 15.4. The lowest BCUT2D eigenvalue weighted by Gasteiger charge is -2.34. The summed E-state index contributed by atoms with van der Waals surface area (Å²) in [6, 6.07) is 10.7. The van der Waals surface area contributed by atoms with Crippen LogP contribution in [0.1, 0.15) is 24.8 Å². The predicted molar refractivity (Wildman–Crippen MR) is 155 cm³/mol. The lowest BCUT2D eigenvalue weighted by atomic mass is 10.1. The van der Waals surface area contributed by atoms with E-state index >= 15 is 4.39 Å². The zero-order valence-electron chi connectivity index (χ0n) is 23.1. The van der Waals surface area contributed by atoms with Gasteiger partial charge in [0.25, 0.3) is 11.1 Å². The molecule has 4 heterocycles. The van der Waals surface area contributed by atoms with Crippen molar-refractivity contribution in [3.8, 4) is 28.7 Å². The first kappa shape index (κ1) is 26.7. The molecule has 1 saturated heterocycles. The number of benzene rings is 2. The van der Waals surface area contributed by atoms with E-state index in [1.807, 2.05) is 30.3 Å². The lowest BCUT2D eigenvalue weighted by Crippen LogP contribution is -2.44. The second-order valence-electron chi connectivity index (χ2n) is 10.5. The Balaban J connectivity index is 1.13. The highest BCUT2D eigenvalue weighted by Crippen LogP contribution is 2.39. The first-order valence-corrected chi connectivity index (χ1v) is 14.7. The Bertz CT molecular complexity index is 1810. The summed E-state index contributed by atoms with van der Waals surface area (Å²) in [5.41, 5.74) is 1.94. The molecule has 0 atom stereocenters. The third-order valence-electron chi connectivity index (χ3n) is 7.64. The van der Waals surface area contributed by atoms with Crippen molar-refractivity contribution >= 4 is 28.4 Å². The number of hydrogen-bond donors (Lipinski definition) is 0. The van der Waals surface area contributed by atoms with Crippen molar-refractivity contribution in [2.24, 2.45) is 0 Å². The van der Waals surface area contributed by atoms with Crippen molar-refractivity contribution in [3.05, 3.63) is 64.5 Å². The Hall–Kier alpha value is -4.23. The highest BCUT2D eigenvalue weighted by Gasteiger charge is 2.28. The molecule has 1 aliphatic carbocycles. The van der Waals surface area contributed by atoms with E-state index in [1.165, 1.54) is 17.8 Å². The molecule has 13 heteroatoms. The van der Waals surface area contributed by atoms with Gasteiger partial charge in [-0.2, -0.15) is 0 Å². The Morgan fingerprint density at radius 1 is 1.00 bits per heavy atom. The molecule has 216 valence electrons. The summed E-state index contributed by atoms with van der Waals surface area (Å²) < 4.78 is 34.3. The second-order valence-corrected chi connectivity index (χ2v) is 11.4. The third-order valence-corrected chi connectivity index (χ3v) is 8.45. The van der Waals surface area contributed by atoms with Crippen molar-refractivity contribution in [2.75, 3.05) is 45.2 Å². The number of pyridine rings is 1. The predicted octanol–water partition coefficient (Wildman–Crippen LogP) is 4.63. The van der Waals surface area contributed by atoms with Gasteiger partial charge in [0.1, 0.15) is 17.1 Å². The zero-order valence-corrected chi connectivity index (χ0v) is 23.9. The fourth-order valence-electron chi connectivity index (χ4n) is 5.12. The van der Waals surface area contributed by atoms with Gasteiger partial charge in [-0.3, -0.25) is 4.79 Å². The largest absolute Gasteiger partial charge is 0.497 e. The zero-order chi connectivity index (χ0) is 28.8. The van der Waals surface area contributed by atoms with Crippen molar-refractivity contribution in [1.29, 1.82) is 0 Å². The fourth-order valence-corrected chi connectivity index (χ4v) is 5.72. The maximum absolute atomic E-state index is 15.4. The SMILES string of the molecule is COc1ccc(-c2nnc(CSc3nnc(-c4cn(C5CC5)c5cc(N6CCN(C)CC6)c(F)cc5c4=O)o3)o2)cc1. The number of likely N-dealkylation sites (N-methyl/N-ethyl adjacent to an activating group) is 1. The molecule has 2 aromatic carbocycles. The van der Waals surface area contributed by atoms with Gasteiger partial charge < -0.3 is 27.9 Å². The summed E-state index contributed by atoms with van der Waals surface area (Å²) in [5, 5.41) is 17.0. The van der Waals surface area contributed by atoms with Gasteiger partial charge in [-0.25, -0.2) is 4.39 Å². The van der Waals surface area contributed by atoms with Crippen LogP contribution in [0.15, 0.2) is 61.4 Å². The second kappa shape index (κ2) is 10.9. The Morgan fingerprint density at radius 2 is 1.76 bits per heavy atom. The monoisotopic (exact) mass is 589 g/mol. The maximum Gasteiger partial charge on any atom is 0.277 e. The topological polar surface area (TPSA) is 116 Å². The summed E-state index contributed by atoms with van der Waals surface area (Å²) in [7, 11) is 3.67. The molecule has 11 nitrogen and oxygen atoms in total. The van der Waals surface area contributed by atoms with Crippen LogP contribution in [0.4, 0.5) is 10.1 Å². The summed E-state index contributed by atoms with van der Waals surface area (Å²) >= 11 is 1.22. The smallest absolute Gasteiger partial charge is 0.277 e. The van der Waals surface area contributed by atoms with Gasteiger partial charge in [-0.1, -0.05) is 11.8 Å². The molecular weight excluding hydrogens is 561 g/mol. The number of ether oxygens (including phenoxy) is 1. The van der Waals surface area contributed by atoms with Crippen LogP contribution in [0.2, 0.25) is 0 Å². The number of halogens is 1. The van der Waals surface area contributed by atoms with Crippen LogP contribution in [0, 0.1) is 5.82 Å². The van der Waals surface area contributed by atoms with E-state index in [-0.39, 0.29) is 28.1 Å². The third kappa shape index (κ3) is 5.13. The average Bonchev–Trinajstić information content (AvgIpc) is 3.55. The summed E-state index contributed by atoms with van der Waals surface area (Å²) in [6.45, 7) is 3.19. The Morgan fingerprint density at radius 3 is 2.50 bits per heavy atom. The Labute approximate surface area is 244 Å². The fraction of sp³-hybridized carbons (Fsp3) is 0.345. The van der Waals surface area contributed by atoms with Gasteiger partial charge in [0, 0.05) is 49.4 Å². The molecule has 1 aliphatic heterocycles.